The third-order valence-corrected chi connectivity index (χ3v) is 5.07. The molecule has 0 nitrogen and oxygen atoms in total. The van der Waals surface area contributed by atoms with Crippen LogP contribution in [0, 0.1) is 21.2 Å². The highest BCUT2D eigenvalue weighted by Gasteiger charge is 2.29. The molecule has 0 bridgehead atoms. The maximum Gasteiger partial charge on any atom is 0.141 e. The standard InChI is InChI=1S/C21H20FI/c1-2-3-4-15-5-7-16(8-6-15)9-10-17-13-14-19(23)21(22)20(17)18-11-12-18/h5-8,13-14,18H,2-4,11-12H2,1H3. The highest BCUT2D eigenvalue weighted by molar-refractivity contribution is 14.1. The summed E-state index contributed by atoms with van der Waals surface area (Å²) in [5.41, 5.74) is 4.02. The molecule has 0 atom stereocenters. The van der Waals surface area contributed by atoms with E-state index < -0.39 is 0 Å². The van der Waals surface area contributed by atoms with E-state index in [2.05, 4.69) is 65.6 Å². The smallest absolute Gasteiger partial charge is 0.141 e. The van der Waals surface area contributed by atoms with Gasteiger partial charge in [-0.3, -0.25) is 0 Å². The molecule has 23 heavy (non-hydrogen) atoms. The molecule has 0 unspecified atom stereocenters. The van der Waals surface area contributed by atoms with Crippen LogP contribution >= 0.6 is 22.6 Å². The fraction of sp³-hybridized carbons (Fsp3) is 0.333. The van der Waals surface area contributed by atoms with E-state index in [1.165, 1.54) is 18.4 Å². The molecule has 0 aliphatic heterocycles. The quantitative estimate of drug-likeness (QED) is 0.419. The van der Waals surface area contributed by atoms with Crippen LogP contribution in [0.15, 0.2) is 36.4 Å². The molecule has 1 saturated carbocycles. The van der Waals surface area contributed by atoms with Crippen LogP contribution in [0.2, 0.25) is 0 Å². The van der Waals surface area contributed by atoms with Gasteiger partial charge in [-0.25, -0.2) is 4.39 Å². The van der Waals surface area contributed by atoms with Gasteiger partial charge >= 0.3 is 0 Å². The van der Waals surface area contributed by atoms with Crippen molar-refractivity contribution in [3.8, 4) is 11.8 Å². The first kappa shape index (κ1) is 16.5. The molecule has 118 valence electrons. The summed E-state index contributed by atoms with van der Waals surface area (Å²) in [5, 5.41) is 0. The van der Waals surface area contributed by atoms with Crippen LogP contribution in [0.5, 0.6) is 0 Å². The van der Waals surface area contributed by atoms with Crippen LogP contribution in [-0.2, 0) is 6.42 Å². The number of aryl methyl sites for hydroxylation is 1. The summed E-state index contributed by atoms with van der Waals surface area (Å²) in [5.74, 6) is 6.68. The lowest BCUT2D eigenvalue weighted by atomic mass is 10.0. The van der Waals surface area contributed by atoms with Gasteiger partial charge in [0, 0.05) is 20.3 Å². The molecule has 0 radical (unpaired) electrons. The van der Waals surface area contributed by atoms with Crippen LogP contribution < -0.4 is 0 Å². The van der Waals surface area contributed by atoms with Gasteiger partial charge < -0.3 is 0 Å². The summed E-state index contributed by atoms with van der Waals surface area (Å²) in [6.45, 7) is 2.21. The van der Waals surface area contributed by atoms with Gasteiger partial charge in [0.15, 0.2) is 0 Å². The third kappa shape index (κ3) is 4.14. The summed E-state index contributed by atoms with van der Waals surface area (Å²) in [7, 11) is 0. The normalized spacial score (nSPS) is 13.5. The average molecular weight is 418 g/mol. The summed E-state index contributed by atoms with van der Waals surface area (Å²) in [4.78, 5) is 0. The molecule has 2 heteroatoms. The molecular formula is C21H20FI. The maximum atomic E-state index is 14.4. The molecular weight excluding hydrogens is 398 g/mol. The Hall–Kier alpha value is -1.34. The molecule has 1 aliphatic rings. The Morgan fingerprint density at radius 2 is 1.83 bits per heavy atom. The van der Waals surface area contributed by atoms with Gasteiger partial charge in [-0.15, -0.1) is 0 Å². The monoisotopic (exact) mass is 418 g/mol. The van der Waals surface area contributed by atoms with Crippen molar-refractivity contribution in [2.24, 2.45) is 0 Å². The van der Waals surface area contributed by atoms with Gasteiger partial charge in [0.1, 0.15) is 5.82 Å². The lowest BCUT2D eigenvalue weighted by Gasteiger charge is -2.06. The lowest BCUT2D eigenvalue weighted by Crippen LogP contribution is -1.96. The molecule has 0 spiro atoms. The Morgan fingerprint density at radius 3 is 2.48 bits per heavy atom. The number of rotatable bonds is 4. The first-order chi connectivity index (χ1) is 11.2. The Labute approximate surface area is 151 Å². The zero-order valence-corrected chi connectivity index (χ0v) is 15.5. The molecule has 2 aromatic carbocycles. The molecule has 0 aromatic heterocycles. The van der Waals surface area contributed by atoms with E-state index >= 15 is 0 Å². The van der Waals surface area contributed by atoms with Crippen molar-refractivity contribution in [3.63, 3.8) is 0 Å². The fourth-order valence-corrected chi connectivity index (χ4v) is 3.19. The molecule has 0 heterocycles. The van der Waals surface area contributed by atoms with Crippen LogP contribution in [0.4, 0.5) is 4.39 Å². The Morgan fingerprint density at radius 1 is 1.09 bits per heavy atom. The third-order valence-electron chi connectivity index (χ3n) is 4.23. The SMILES string of the molecule is CCCCc1ccc(C#Cc2ccc(I)c(F)c2C2CC2)cc1. The van der Waals surface area contributed by atoms with Crippen molar-refractivity contribution >= 4 is 22.6 Å². The van der Waals surface area contributed by atoms with Crippen LogP contribution in [0.3, 0.4) is 0 Å². The highest BCUT2D eigenvalue weighted by atomic mass is 127. The summed E-state index contributed by atoms with van der Waals surface area (Å²) < 4.78 is 15.1. The van der Waals surface area contributed by atoms with Crippen LogP contribution in [0.25, 0.3) is 0 Å². The minimum absolute atomic E-state index is 0.0742. The molecule has 0 saturated heterocycles. The van der Waals surface area contributed by atoms with Crippen molar-refractivity contribution < 1.29 is 4.39 Å². The predicted octanol–water partition coefficient (Wildman–Crippen LogP) is 6.05. The van der Waals surface area contributed by atoms with E-state index in [0.29, 0.717) is 9.49 Å². The molecule has 2 aromatic rings. The Balaban J connectivity index is 1.83. The number of benzene rings is 2. The van der Waals surface area contributed by atoms with E-state index in [0.717, 1.165) is 36.0 Å². The minimum atomic E-state index is -0.0742. The molecule has 1 aliphatic carbocycles. The van der Waals surface area contributed by atoms with Crippen molar-refractivity contribution in [1.82, 2.24) is 0 Å². The molecule has 1 fully saturated rings. The van der Waals surface area contributed by atoms with E-state index in [4.69, 9.17) is 0 Å². The van der Waals surface area contributed by atoms with Gasteiger partial charge in [-0.1, -0.05) is 37.3 Å². The fourth-order valence-electron chi connectivity index (χ4n) is 2.72. The zero-order chi connectivity index (χ0) is 16.2. The number of hydrogen-bond donors (Lipinski definition) is 0. The first-order valence-corrected chi connectivity index (χ1v) is 9.35. The van der Waals surface area contributed by atoms with Gasteiger partial charge in [0.05, 0.1) is 0 Å². The van der Waals surface area contributed by atoms with Crippen molar-refractivity contribution in [2.75, 3.05) is 0 Å². The van der Waals surface area contributed by atoms with E-state index in [1.807, 2.05) is 12.1 Å². The first-order valence-electron chi connectivity index (χ1n) is 8.28. The van der Waals surface area contributed by atoms with Crippen LogP contribution in [0.1, 0.15) is 60.8 Å². The molecule has 3 rings (SSSR count). The van der Waals surface area contributed by atoms with Crippen molar-refractivity contribution in [2.45, 2.75) is 44.9 Å². The topological polar surface area (TPSA) is 0 Å². The average Bonchev–Trinajstić information content (AvgIpc) is 3.39. The highest BCUT2D eigenvalue weighted by Crippen LogP contribution is 2.43. The van der Waals surface area contributed by atoms with Gasteiger partial charge in [-0.05, 0) is 84.0 Å². The predicted molar refractivity (Wildman–Crippen MR) is 102 cm³/mol. The van der Waals surface area contributed by atoms with E-state index in [-0.39, 0.29) is 5.82 Å². The second-order valence-electron chi connectivity index (χ2n) is 6.15. The van der Waals surface area contributed by atoms with E-state index in [1.54, 1.807) is 0 Å². The van der Waals surface area contributed by atoms with Gasteiger partial charge in [0.25, 0.3) is 0 Å². The van der Waals surface area contributed by atoms with Gasteiger partial charge in [-0.2, -0.15) is 0 Å². The summed E-state index contributed by atoms with van der Waals surface area (Å²) >= 11 is 2.06. The summed E-state index contributed by atoms with van der Waals surface area (Å²) in [6, 6.07) is 12.2. The van der Waals surface area contributed by atoms with Gasteiger partial charge in [0.2, 0.25) is 0 Å². The maximum absolute atomic E-state index is 14.4. The van der Waals surface area contributed by atoms with Crippen molar-refractivity contribution in [3.05, 3.63) is 68.0 Å². The summed E-state index contributed by atoms with van der Waals surface area (Å²) in [6.07, 6.45) is 5.72. The van der Waals surface area contributed by atoms with Crippen LogP contribution in [-0.4, -0.2) is 0 Å². The zero-order valence-electron chi connectivity index (χ0n) is 13.3. The van der Waals surface area contributed by atoms with E-state index in [9.17, 15) is 4.39 Å². The Kier molecular flexibility index (Phi) is 5.38. The lowest BCUT2D eigenvalue weighted by molar-refractivity contribution is 0.602. The Bertz CT molecular complexity index is 746. The number of hydrogen-bond acceptors (Lipinski definition) is 0. The molecule has 0 amide bonds. The number of unbranched alkanes of at least 4 members (excludes halogenated alkanes) is 1. The second kappa shape index (κ2) is 7.49. The largest absolute Gasteiger partial charge is 0.205 e. The molecule has 0 N–H and O–H groups in total. The minimum Gasteiger partial charge on any atom is -0.205 e. The number of halogens is 2. The second-order valence-corrected chi connectivity index (χ2v) is 7.31. The van der Waals surface area contributed by atoms with Crippen molar-refractivity contribution in [1.29, 1.82) is 0 Å².